The third-order valence-electron chi connectivity index (χ3n) is 18.9. The van der Waals surface area contributed by atoms with Gasteiger partial charge in [0.1, 0.15) is 19.3 Å². The molecular formula is C77H150O17P2. The number of ether oxygens (including phenoxy) is 4. The van der Waals surface area contributed by atoms with Crippen LogP contribution in [0.1, 0.15) is 389 Å². The summed E-state index contributed by atoms with van der Waals surface area (Å²) in [7, 11) is -9.91. The minimum Gasteiger partial charge on any atom is -0.462 e. The quantitative estimate of drug-likeness (QED) is 0.0222. The second-order valence-electron chi connectivity index (χ2n) is 28.9. The average Bonchev–Trinajstić information content (AvgIpc) is 1.81. The highest BCUT2D eigenvalue weighted by molar-refractivity contribution is 7.47. The molecular weight excluding hydrogens is 1260 g/mol. The van der Waals surface area contributed by atoms with E-state index in [-0.39, 0.29) is 25.7 Å². The summed E-state index contributed by atoms with van der Waals surface area (Å²) in [5, 5.41) is 10.6. The van der Waals surface area contributed by atoms with Gasteiger partial charge in [-0.15, -0.1) is 0 Å². The van der Waals surface area contributed by atoms with E-state index >= 15 is 0 Å². The van der Waals surface area contributed by atoms with Gasteiger partial charge in [0.15, 0.2) is 12.2 Å². The molecule has 0 aliphatic heterocycles. The van der Waals surface area contributed by atoms with E-state index in [9.17, 15) is 43.2 Å². The van der Waals surface area contributed by atoms with Crippen LogP contribution in [0, 0.1) is 23.7 Å². The fourth-order valence-corrected chi connectivity index (χ4v) is 13.2. The van der Waals surface area contributed by atoms with Crippen molar-refractivity contribution in [1.82, 2.24) is 0 Å². The molecule has 0 spiro atoms. The molecule has 3 N–H and O–H groups in total. The number of carbonyl (C=O) groups is 4. The van der Waals surface area contributed by atoms with Crippen molar-refractivity contribution in [3.8, 4) is 0 Å². The molecule has 17 nitrogen and oxygen atoms in total. The molecule has 0 fully saturated rings. The van der Waals surface area contributed by atoms with Gasteiger partial charge in [0, 0.05) is 25.7 Å². The van der Waals surface area contributed by atoms with Crippen molar-refractivity contribution in [3.63, 3.8) is 0 Å². The SMILES string of the molecule is CCC(C)CCCCCCCCCCCCCCCCC(=O)OC[C@H](COP(=O)(O)OC[C@@H](O)COP(=O)(O)OC[C@@H](COC(=O)CCCCCCCCC(C)CC)OC(=O)CCCCCCCCCCCCCCCCCC(C)C)OC(=O)CCCCCCCCC(C)CC. The summed E-state index contributed by atoms with van der Waals surface area (Å²) in [6, 6.07) is 0. The van der Waals surface area contributed by atoms with Crippen LogP contribution < -0.4 is 0 Å². The number of aliphatic hydroxyl groups is 1. The van der Waals surface area contributed by atoms with Crippen LogP contribution in [0.4, 0.5) is 0 Å². The molecule has 8 atom stereocenters. The summed E-state index contributed by atoms with van der Waals surface area (Å²) in [5.74, 6) is 0.980. The van der Waals surface area contributed by atoms with Gasteiger partial charge in [-0.25, -0.2) is 9.13 Å². The van der Waals surface area contributed by atoms with Crippen molar-refractivity contribution in [2.75, 3.05) is 39.6 Å². The molecule has 96 heavy (non-hydrogen) atoms. The topological polar surface area (TPSA) is 237 Å². The van der Waals surface area contributed by atoms with E-state index in [0.29, 0.717) is 25.7 Å². The van der Waals surface area contributed by atoms with Crippen molar-refractivity contribution in [1.29, 1.82) is 0 Å². The molecule has 0 heterocycles. The maximum Gasteiger partial charge on any atom is 0.472 e. The van der Waals surface area contributed by atoms with Gasteiger partial charge in [-0.05, 0) is 49.4 Å². The van der Waals surface area contributed by atoms with Gasteiger partial charge in [0.2, 0.25) is 0 Å². The zero-order chi connectivity index (χ0) is 71.0. The zero-order valence-electron chi connectivity index (χ0n) is 63.0. The third-order valence-corrected chi connectivity index (χ3v) is 20.8. The lowest BCUT2D eigenvalue weighted by Gasteiger charge is -2.21. The Labute approximate surface area is 588 Å². The Kier molecular flexibility index (Phi) is 65.0. The second-order valence-corrected chi connectivity index (χ2v) is 31.9. The predicted molar refractivity (Wildman–Crippen MR) is 391 cm³/mol. The van der Waals surface area contributed by atoms with Gasteiger partial charge in [0.05, 0.1) is 26.4 Å². The third kappa shape index (κ3) is 66.6. The molecule has 0 aliphatic rings. The Bertz CT molecular complexity index is 1890. The van der Waals surface area contributed by atoms with Crippen molar-refractivity contribution >= 4 is 39.5 Å². The highest BCUT2D eigenvalue weighted by atomic mass is 31.2. The molecule has 0 saturated heterocycles. The first kappa shape index (κ1) is 94.1. The molecule has 0 rings (SSSR count). The fourth-order valence-electron chi connectivity index (χ4n) is 11.6. The number of phosphoric acid groups is 2. The van der Waals surface area contributed by atoms with Gasteiger partial charge < -0.3 is 33.8 Å². The van der Waals surface area contributed by atoms with Crippen LogP contribution in [-0.2, 0) is 65.4 Å². The summed E-state index contributed by atoms with van der Waals surface area (Å²) in [6.45, 7) is 14.2. The molecule has 0 amide bonds. The highest BCUT2D eigenvalue weighted by Crippen LogP contribution is 2.45. The number of rotatable bonds is 74. The molecule has 0 radical (unpaired) electrons. The van der Waals surface area contributed by atoms with Gasteiger partial charge in [-0.3, -0.25) is 37.3 Å². The summed E-state index contributed by atoms with van der Waals surface area (Å²) < 4.78 is 68.5. The van der Waals surface area contributed by atoms with Gasteiger partial charge in [0.25, 0.3) is 0 Å². The number of carbonyl (C=O) groups excluding carboxylic acids is 4. The lowest BCUT2D eigenvalue weighted by atomic mass is 9.99. The van der Waals surface area contributed by atoms with Crippen molar-refractivity contribution in [2.45, 2.75) is 408 Å². The minimum atomic E-state index is -4.96. The lowest BCUT2D eigenvalue weighted by molar-refractivity contribution is -0.161. The van der Waals surface area contributed by atoms with Crippen LogP contribution in [0.3, 0.4) is 0 Å². The lowest BCUT2D eigenvalue weighted by Crippen LogP contribution is -2.30. The monoisotopic (exact) mass is 1410 g/mol. The number of unbranched alkanes of at least 4 members (excludes halogenated alkanes) is 37. The van der Waals surface area contributed by atoms with Gasteiger partial charge in [-0.1, -0.05) is 338 Å². The van der Waals surface area contributed by atoms with E-state index in [4.69, 9.17) is 37.0 Å². The molecule has 0 saturated carbocycles. The zero-order valence-corrected chi connectivity index (χ0v) is 64.8. The van der Waals surface area contributed by atoms with E-state index in [0.717, 1.165) is 120 Å². The number of esters is 4. The maximum absolute atomic E-state index is 13.1. The number of aliphatic hydroxyl groups excluding tert-OH is 1. The molecule has 0 aromatic heterocycles. The summed E-state index contributed by atoms with van der Waals surface area (Å²) in [6.07, 6.45) is 51.4. The Morgan fingerprint density at radius 1 is 0.292 bits per heavy atom. The minimum absolute atomic E-state index is 0.103. The van der Waals surface area contributed by atoms with E-state index in [1.807, 2.05) is 0 Å². The Morgan fingerprint density at radius 3 is 0.740 bits per heavy atom. The van der Waals surface area contributed by atoms with Crippen LogP contribution in [0.25, 0.3) is 0 Å². The highest BCUT2D eigenvalue weighted by Gasteiger charge is 2.30. The van der Waals surface area contributed by atoms with E-state index < -0.39 is 97.5 Å². The Balaban J connectivity index is 5.19. The maximum atomic E-state index is 13.1. The molecule has 5 unspecified atom stereocenters. The van der Waals surface area contributed by atoms with Crippen LogP contribution in [0.2, 0.25) is 0 Å². The predicted octanol–water partition coefficient (Wildman–Crippen LogP) is 22.4. The standard InChI is InChI=1S/C77H150O17P2/c1-9-68(6)54-46-38-30-26-22-18-15-16-19-23-27-31-41-49-57-74(79)87-63-73(94-77(82)60-52-44-36-34-40-48-56-70(8)11-3)66-92-96(85,86)90-62-71(78)61-89-95(83,84)91-65-72(64-88-75(80)58-50-42-35-33-39-47-55-69(7)10-2)93-76(81)59-51-43-32-28-24-20-14-12-13-17-21-25-29-37-45-53-67(4)5/h67-73,78H,9-66H2,1-8H3,(H,83,84)(H,85,86)/t68?,69?,70?,71-,72+,73+/m0/s1. The summed E-state index contributed by atoms with van der Waals surface area (Å²) in [4.78, 5) is 72.8. The van der Waals surface area contributed by atoms with E-state index in [2.05, 4.69) is 55.4 Å². The van der Waals surface area contributed by atoms with Crippen LogP contribution in [0.5, 0.6) is 0 Å². The normalized spacial score (nSPS) is 15.0. The number of phosphoric ester groups is 2. The molecule has 570 valence electrons. The average molecular weight is 1410 g/mol. The summed E-state index contributed by atoms with van der Waals surface area (Å²) >= 11 is 0. The first-order chi connectivity index (χ1) is 46.2. The first-order valence-corrected chi connectivity index (χ1v) is 42.8. The van der Waals surface area contributed by atoms with Gasteiger partial charge >= 0.3 is 39.5 Å². The molecule has 19 heteroatoms. The Morgan fingerprint density at radius 2 is 0.500 bits per heavy atom. The Hall–Kier alpha value is -1.94. The van der Waals surface area contributed by atoms with Crippen molar-refractivity contribution in [3.05, 3.63) is 0 Å². The van der Waals surface area contributed by atoms with Crippen molar-refractivity contribution in [2.24, 2.45) is 23.7 Å². The van der Waals surface area contributed by atoms with Gasteiger partial charge in [-0.2, -0.15) is 0 Å². The second kappa shape index (κ2) is 66.3. The molecule has 0 aromatic carbocycles. The molecule has 0 bridgehead atoms. The number of hydrogen-bond acceptors (Lipinski definition) is 15. The van der Waals surface area contributed by atoms with Crippen LogP contribution in [0.15, 0.2) is 0 Å². The van der Waals surface area contributed by atoms with E-state index in [1.165, 1.54) is 186 Å². The summed E-state index contributed by atoms with van der Waals surface area (Å²) in [5.41, 5.74) is 0. The van der Waals surface area contributed by atoms with Crippen LogP contribution in [-0.4, -0.2) is 96.7 Å². The molecule has 0 aliphatic carbocycles. The fraction of sp³-hybridized carbons (Fsp3) is 0.948. The first-order valence-electron chi connectivity index (χ1n) is 39.8. The van der Waals surface area contributed by atoms with Crippen LogP contribution >= 0.6 is 15.6 Å². The van der Waals surface area contributed by atoms with E-state index in [1.54, 1.807) is 0 Å². The van der Waals surface area contributed by atoms with Crippen molar-refractivity contribution < 1.29 is 80.2 Å². The largest absolute Gasteiger partial charge is 0.472 e. The smallest absolute Gasteiger partial charge is 0.462 e. The number of hydrogen-bond donors (Lipinski definition) is 3. The molecule has 0 aromatic rings.